The first-order valence-corrected chi connectivity index (χ1v) is 4.88. The molecule has 1 aliphatic rings. The molecule has 0 unspecified atom stereocenters. The van der Waals surface area contributed by atoms with Crippen LogP contribution in [-0.4, -0.2) is 11.6 Å². The Balaban J connectivity index is 2.59. The van der Waals surface area contributed by atoms with Crippen LogP contribution in [0.15, 0.2) is 28.1 Å². The van der Waals surface area contributed by atoms with Crippen LogP contribution in [0.5, 0.6) is 0 Å². The normalized spacial score (nSPS) is 15.2. The second-order valence-electron chi connectivity index (χ2n) is 2.48. The van der Waals surface area contributed by atoms with Gasteiger partial charge in [-0.15, -0.1) is 11.8 Å². The van der Waals surface area contributed by atoms with Crippen LogP contribution >= 0.6 is 23.4 Å². The molecule has 1 aliphatic heterocycles. The summed E-state index contributed by atoms with van der Waals surface area (Å²) in [6.45, 7) is 0. The number of thioether (sulfide) groups is 1. The lowest BCUT2D eigenvalue weighted by Crippen LogP contribution is -2.16. The van der Waals surface area contributed by atoms with E-state index in [4.69, 9.17) is 17.3 Å². The minimum absolute atomic E-state index is 0.639. The number of benzene rings is 1. The second kappa shape index (κ2) is 2.99. The average Bonchev–Trinajstić information content (AvgIpc) is 2.07. The number of nitrogens with two attached hydrogens (primary N) is 1. The molecule has 2 N–H and O–H groups in total. The number of halogens is 1. The highest BCUT2D eigenvalue weighted by atomic mass is 35.5. The highest BCUT2D eigenvalue weighted by Gasteiger charge is 2.12. The van der Waals surface area contributed by atoms with Gasteiger partial charge < -0.3 is 5.73 Å². The van der Waals surface area contributed by atoms with Crippen molar-refractivity contribution >= 4 is 34.9 Å². The highest BCUT2D eigenvalue weighted by molar-refractivity contribution is 8.00. The van der Waals surface area contributed by atoms with Crippen LogP contribution in [0.1, 0.15) is 0 Å². The summed E-state index contributed by atoms with van der Waals surface area (Å²) in [6.07, 6.45) is 0. The standard InChI is InChI=1S/C8H7ClN2S/c9-5-2-1-3-6-8(5)11-7(10)4-12-6/h1-3H,4H2,(H2,10,11). The average molecular weight is 199 g/mol. The molecule has 0 atom stereocenters. The van der Waals surface area contributed by atoms with E-state index in [0.717, 1.165) is 16.3 Å². The van der Waals surface area contributed by atoms with Gasteiger partial charge in [-0.05, 0) is 12.1 Å². The van der Waals surface area contributed by atoms with Crippen LogP contribution in [0.2, 0.25) is 5.02 Å². The predicted molar refractivity (Wildman–Crippen MR) is 53.5 cm³/mol. The zero-order valence-corrected chi connectivity index (χ0v) is 7.82. The van der Waals surface area contributed by atoms with Gasteiger partial charge in [-0.1, -0.05) is 17.7 Å². The van der Waals surface area contributed by atoms with Crippen LogP contribution < -0.4 is 5.73 Å². The number of aliphatic imine (C=N–C) groups is 1. The first-order chi connectivity index (χ1) is 5.77. The zero-order chi connectivity index (χ0) is 8.55. The Kier molecular flexibility index (Phi) is 1.98. The van der Waals surface area contributed by atoms with E-state index < -0.39 is 0 Å². The first kappa shape index (κ1) is 7.95. The molecule has 0 saturated carbocycles. The number of amidine groups is 1. The summed E-state index contributed by atoms with van der Waals surface area (Å²) in [5.41, 5.74) is 6.40. The molecule has 1 aromatic carbocycles. The predicted octanol–water partition coefficient (Wildman–Crippen LogP) is 2.43. The van der Waals surface area contributed by atoms with Gasteiger partial charge in [-0.25, -0.2) is 4.99 Å². The Morgan fingerprint density at radius 3 is 3.17 bits per heavy atom. The molecule has 4 heteroatoms. The van der Waals surface area contributed by atoms with Gasteiger partial charge in [0.05, 0.1) is 16.5 Å². The van der Waals surface area contributed by atoms with Crippen molar-refractivity contribution in [2.45, 2.75) is 4.90 Å². The maximum absolute atomic E-state index is 5.93. The molecular weight excluding hydrogens is 192 g/mol. The number of fused-ring (bicyclic) bond motifs is 1. The van der Waals surface area contributed by atoms with Gasteiger partial charge in [0.25, 0.3) is 0 Å². The van der Waals surface area contributed by atoms with Crippen LogP contribution in [0.4, 0.5) is 5.69 Å². The molecule has 0 fully saturated rings. The summed E-state index contributed by atoms with van der Waals surface area (Å²) < 4.78 is 0. The van der Waals surface area contributed by atoms with Crippen molar-refractivity contribution in [3.63, 3.8) is 0 Å². The summed E-state index contributed by atoms with van der Waals surface area (Å²) in [5, 5.41) is 0.669. The van der Waals surface area contributed by atoms with Gasteiger partial charge in [0.15, 0.2) is 0 Å². The number of hydrogen-bond acceptors (Lipinski definition) is 3. The van der Waals surface area contributed by atoms with Gasteiger partial charge >= 0.3 is 0 Å². The van der Waals surface area contributed by atoms with Crippen LogP contribution in [0, 0.1) is 0 Å². The third-order valence-electron chi connectivity index (χ3n) is 1.58. The SMILES string of the molecule is NC1=Nc2c(Cl)cccc2SC1. The third-order valence-corrected chi connectivity index (χ3v) is 2.97. The minimum atomic E-state index is 0.639. The van der Waals surface area contributed by atoms with E-state index in [0.29, 0.717) is 10.9 Å². The maximum Gasteiger partial charge on any atom is 0.110 e. The summed E-state index contributed by atoms with van der Waals surface area (Å²) in [4.78, 5) is 5.30. The van der Waals surface area contributed by atoms with Crippen molar-refractivity contribution in [1.29, 1.82) is 0 Å². The van der Waals surface area contributed by atoms with Gasteiger partial charge in [-0.3, -0.25) is 0 Å². The number of rotatable bonds is 0. The molecule has 0 saturated heterocycles. The van der Waals surface area contributed by atoms with E-state index >= 15 is 0 Å². The molecule has 2 rings (SSSR count). The molecule has 62 valence electrons. The fourth-order valence-electron chi connectivity index (χ4n) is 1.05. The summed E-state index contributed by atoms with van der Waals surface area (Å²) in [7, 11) is 0. The summed E-state index contributed by atoms with van der Waals surface area (Å²) in [6, 6.07) is 5.75. The van der Waals surface area contributed by atoms with E-state index in [2.05, 4.69) is 4.99 Å². The molecule has 0 aliphatic carbocycles. The molecule has 1 aromatic rings. The molecule has 0 spiro atoms. The number of hydrogen-bond donors (Lipinski definition) is 1. The van der Waals surface area contributed by atoms with Crippen molar-refractivity contribution in [3.05, 3.63) is 23.2 Å². The van der Waals surface area contributed by atoms with Crippen molar-refractivity contribution in [2.24, 2.45) is 10.7 Å². The lowest BCUT2D eigenvalue weighted by Gasteiger charge is -2.12. The molecular formula is C8H7ClN2S. The number of nitrogens with zero attached hydrogens (tertiary/aromatic N) is 1. The smallest absolute Gasteiger partial charge is 0.110 e. The van der Waals surface area contributed by atoms with Crippen molar-refractivity contribution in [2.75, 3.05) is 5.75 Å². The molecule has 12 heavy (non-hydrogen) atoms. The zero-order valence-electron chi connectivity index (χ0n) is 6.25. The Bertz CT molecular complexity index is 349. The molecule has 1 heterocycles. The fraction of sp³-hybridized carbons (Fsp3) is 0.125. The van der Waals surface area contributed by atoms with Gasteiger partial charge in [0.2, 0.25) is 0 Å². The lowest BCUT2D eigenvalue weighted by molar-refractivity contribution is 1.33. The fourth-order valence-corrected chi connectivity index (χ4v) is 2.16. The monoisotopic (exact) mass is 198 g/mol. The molecule has 0 aromatic heterocycles. The van der Waals surface area contributed by atoms with Crippen LogP contribution in [0.25, 0.3) is 0 Å². The number of para-hydroxylation sites is 1. The molecule has 2 nitrogen and oxygen atoms in total. The van der Waals surface area contributed by atoms with E-state index in [1.165, 1.54) is 0 Å². The van der Waals surface area contributed by atoms with Crippen LogP contribution in [0.3, 0.4) is 0 Å². The van der Waals surface area contributed by atoms with E-state index in [9.17, 15) is 0 Å². The Labute approximate surface area is 79.8 Å². The largest absolute Gasteiger partial charge is 0.386 e. The molecule has 0 radical (unpaired) electrons. The van der Waals surface area contributed by atoms with Gasteiger partial charge in [-0.2, -0.15) is 0 Å². The summed E-state index contributed by atoms with van der Waals surface area (Å²) >= 11 is 7.60. The molecule has 0 amide bonds. The first-order valence-electron chi connectivity index (χ1n) is 3.52. The quantitative estimate of drug-likeness (QED) is 0.696. The van der Waals surface area contributed by atoms with Crippen molar-refractivity contribution in [3.8, 4) is 0 Å². The molecule has 0 bridgehead atoms. The van der Waals surface area contributed by atoms with Crippen LogP contribution in [-0.2, 0) is 0 Å². The van der Waals surface area contributed by atoms with Crippen molar-refractivity contribution < 1.29 is 0 Å². The van der Waals surface area contributed by atoms with Gasteiger partial charge in [0.1, 0.15) is 5.84 Å². The minimum Gasteiger partial charge on any atom is -0.386 e. The highest BCUT2D eigenvalue weighted by Crippen LogP contribution is 2.38. The topological polar surface area (TPSA) is 38.4 Å². The van der Waals surface area contributed by atoms with E-state index in [1.54, 1.807) is 11.8 Å². The maximum atomic E-state index is 5.93. The lowest BCUT2D eigenvalue weighted by atomic mass is 10.3. The Morgan fingerprint density at radius 2 is 2.33 bits per heavy atom. The summed E-state index contributed by atoms with van der Waals surface area (Å²) in [5.74, 6) is 1.40. The van der Waals surface area contributed by atoms with E-state index in [-0.39, 0.29) is 0 Å². The Morgan fingerprint density at radius 1 is 1.50 bits per heavy atom. The van der Waals surface area contributed by atoms with Gasteiger partial charge in [0, 0.05) is 4.90 Å². The Hall–Kier alpha value is -0.670. The van der Waals surface area contributed by atoms with Crippen molar-refractivity contribution in [1.82, 2.24) is 0 Å². The second-order valence-corrected chi connectivity index (χ2v) is 3.90. The van der Waals surface area contributed by atoms with E-state index in [1.807, 2.05) is 18.2 Å². The third kappa shape index (κ3) is 1.30.